The summed E-state index contributed by atoms with van der Waals surface area (Å²) in [7, 11) is 0. The third-order valence-electron chi connectivity index (χ3n) is 5.77. The Bertz CT molecular complexity index is 671. The van der Waals surface area contributed by atoms with E-state index in [2.05, 4.69) is 5.32 Å². The van der Waals surface area contributed by atoms with E-state index in [1.165, 1.54) is 12.8 Å². The lowest BCUT2D eigenvalue weighted by molar-refractivity contribution is -0.136. The number of piperidine rings is 1. The fourth-order valence-corrected chi connectivity index (χ4v) is 3.93. The van der Waals surface area contributed by atoms with E-state index >= 15 is 0 Å². The van der Waals surface area contributed by atoms with Crippen molar-refractivity contribution in [1.82, 2.24) is 10.2 Å². The van der Waals surface area contributed by atoms with Crippen LogP contribution in [0.25, 0.3) is 0 Å². The van der Waals surface area contributed by atoms with Crippen molar-refractivity contribution in [3.05, 3.63) is 29.8 Å². The summed E-state index contributed by atoms with van der Waals surface area (Å²) in [6.45, 7) is 2.11. The number of benzene rings is 1. The number of aromatic hydroxyl groups is 1. The first-order valence-electron chi connectivity index (χ1n) is 9.47. The van der Waals surface area contributed by atoms with Gasteiger partial charge in [0.2, 0.25) is 11.8 Å². The van der Waals surface area contributed by atoms with Gasteiger partial charge >= 0.3 is 0 Å². The summed E-state index contributed by atoms with van der Waals surface area (Å²) in [6.07, 6.45) is 5.08. The smallest absolute Gasteiger partial charge is 0.226 e. The van der Waals surface area contributed by atoms with Crippen LogP contribution in [-0.2, 0) is 9.59 Å². The second-order valence-electron chi connectivity index (χ2n) is 7.86. The van der Waals surface area contributed by atoms with E-state index in [0.717, 1.165) is 37.9 Å². The number of nitrogens with one attached hydrogen (secondary N) is 1. The van der Waals surface area contributed by atoms with Gasteiger partial charge in [-0.1, -0.05) is 12.1 Å². The van der Waals surface area contributed by atoms with E-state index < -0.39 is 0 Å². The Labute approximate surface area is 148 Å². The van der Waals surface area contributed by atoms with Gasteiger partial charge in [0.15, 0.2) is 0 Å². The molecule has 1 aromatic carbocycles. The third kappa shape index (κ3) is 3.80. The quantitative estimate of drug-likeness (QED) is 0.862. The van der Waals surface area contributed by atoms with Crippen molar-refractivity contribution in [2.45, 2.75) is 38.0 Å². The van der Waals surface area contributed by atoms with Crippen LogP contribution < -0.4 is 5.32 Å². The first-order chi connectivity index (χ1) is 12.1. The van der Waals surface area contributed by atoms with E-state index in [0.29, 0.717) is 12.5 Å². The Morgan fingerprint density at radius 1 is 1.24 bits per heavy atom. The van der Waals surface area contributed by atoms with Gasteiger partial charge in [-0.05, 0) is 61.6 Å². The molecule has 134 valence electrons. The monoisotopic (exact) mass is 342 g/mol. The Morgan fingerprint density at radius 2 is 2.08 bits per heavy atom. The lowest BCUT2D eigenvalue weighted by Crippen LogP contribution is -2.46. The van der Waals surface area contributed by atoms with Gasteiger partial charge in [-0.15, -0.1) is 0 Å². The minimum Gasteiger partial charge on any atom is -0.508 e. The summed E-state index contributed by atoms with van der Waals surface area (Å²) in [5.74, 6) is 1.38. The predicted octanol–water partition coefficient (Wildman–Crippen LogP) is 2.26. The number of nitrogens with zero attached hydrogens (tertiary/aromatic N) is 1. The van der Waals surface area contributed by atoms with Crippen molar-refractivity contribution in [3.8, 4) is 5.75 Å². The maximum atomic E-state index is 12.8. The van der Waals surface area contributed by atoms with Gasteiger partial charge in [-0.3, -0.25) is 9.59 Å². The number of carbonyl (C=O) groups excluding carboxylic acids is 2. The first-order valence-corrected chi connectivity index (χ1v) is 9.47. The second-order valence-corrected chi connectivity index (χ2v) is 7.86. The Kier molecular flexibility index (Phi) is 4.40. The van der Waals surface area contributed by atoms with Gasteiger partial charge in [0, 0.05) is 25.6 Å². The molecule has 1 aromatic rings. The summed E-state index contributed by atoms with van der Waals surface area (Å²) in [5, 5.41) is 12.7. The molecule has 1 aliphatic heterocycles. The molecule has 2 amide bonds. The van der Waals surface area contributed by atoms with Gasteiger partial charge in [0.1, 0.15) is 5.75 Å². The summed E-state index contributed by atoms with van der Waals surface area (Å²) >= 11 is 0. The van der Waals surface area contributed by atoms with Gasteiger partial charge in [0.25, 0.3) is 0 Å². The number of hydrogen-bond donors (Lipinski definition) is 2. The number of phenols is 1. The van der Waals surface area contributed by atoms with E-state index in [4.69, 9.17) is 0 Å². The normalized spacial score (nSPS) is 28.5. The van der Waals surface area contributed by atoms with Crippen molar-refractivity contribution < 1.29 is 14.7 Å². The zero-order valence-corrected chi connectivity index (χ0v) is 14.5. The number of amides is 2. The average molecular weight is 342 g/mol. The molecule has 2 N–H and O–H groups in total. The molecule has 3 atom stereocenters. The van der Waals surface area contributed by atoms with Crippen LogP contribution in [0, 0.1) is 17.8 Å². The molecule has 5 nitrogen and oxygen atoms in total. The number of rotatable bonds is 5. The van der Waals surface area contributed by atoms with Crippen LogP contribution in [-0.4, -0.2) is 41.5 Å². The Hall–Kier alpha value is -2.04. The zero-order valence-electron chi connectivity index (χ0n) is 14.5. The molecule has 0 radical (unpaired) electrons. The summed E-state index contributed by atoms with van der Waals surface area (Å²) in [5.41, 5.74) is 1.04. The maximum Gasteiger partial charge on any atom is 0.226 e. The SMILES string of the molecule is O=C(NCC1CC1)[C@@H]1CCCN(C(=O)[C@H]2C[C@H]2c2cccc(O)c2)C1. The molecule has 0 bridgehead atoms. The van der Waals surface area contributed by atoms with Crippen molar-refractivity contribution in [2.24, 2.45) is 17.8 Å². The molecule has 0 aromatic heterocycles. The highest BCUT2D eigenvalue weighted by Gasteiger charge is 2.46. The highest BCUT2D eigenvalue weighted by atomic mass is 16.3. The molecule has 0 unspecified atom stereocenters. The van der Waals surface area contributed by atoms with Crippen LogP contribution >= 0.6 is 0 Å². The molecule has 2 aliphatic carbocycles. The van der Waals surface area contributed by atoms with Crippen molar-refractivity contribution in [3.63, 3.8) is 0 Å². The Balaban J connectivity index is 1.32. The number of hydrogen-bond acceptors (Lipinski definition) is 3. The molecule has 4 rings (SSSR count). The molecule has 1 saturated heterocycles. The van der Waals surface area contributed by atoms with E-state index in [9.17, 15) is 14.7 Å². The molecular formula is C20H26N2O3. The van der Waals surface area contributed by atoms with Crippen LogP contribution in [0.4, 0.5) is 0 Å². The second kappa shape index (κ2) is 6.70. The number of carbonyl (C=O) groups is 2. The van der Waals surface area contributed by atoms with E-state index in [-0.39, 0.29) is 35.3 Å². The molecule has 3 aliphatic rings. The number of phenolic OH excluding ortho intramolecular Hbond substituents is 1. The van der Waals surface area contributed by atoms with Gasteiger partial charge < -0.3 is 15.3 Å². The zero-order chi connectivity index (χ0) is 17.4. The lowest BCUT2D eigenvalue weighted by Gasteiger charge is -2.32. The summed E-state index contributed by atoms with van der Waals surface area (Å²) in [4.78, 5) is 27.0. The molecule has 5 heteroatoms. The van der Waals surface area contributed by atoms with Crippen LogP contribution in [0.15, 0.2) is 24.3 Å². The molecule has 1 heterocycles. The fraction of sp³-hybridized carbons (Fsp3) is 0.600. The van der Waals surface area contributed by atoms with Crippen LogP contribution in [0.2, 0.25) is 0 Å². The van der Waals surface area contributed by atoms with Crippen molar-refractivity contribution >= 4 is 11.8 Å². The van der Waals surface area contributed by atoms with Crippen LogP contribution in [0.1, 0.15) is 43.6 Å². The summed E-state index contributed by atoms with van der Waals surface area (Å²) in [6, 6.07) is 7.20. The molecule has 2 saturated carbocycles. The van der Waals surface area contributed by atoms with Crippen LogP contribution in [0.3, 0.4) is 0 Å². The molecule has 0 spiro atoms. The molecule has 25 heavy (non-hydrogen) atoms. The average Bonchev–Trinajstić information content (AvgIpc) is 3.53. The molecule has 3 fully saturated rings. The minimum atomic E-state index is -0.0607. The molecular weight excluding hydrogens is 316 g/mol. The fourth-order valence-electron chi connectivity index (χ4n) is 3.93. The predicted molar refractivity (Wildman–Crippen MR) is 94.0 cm³/mol. The lowest BCUT2D eigenvalue weighted by atomic mass is 9.96. The topological polar surface area (TPSA) is 69.6 Å². The number of likely N-dealkylation sites (tertiary alicyclic amines) is 1. The van der Waals surface area contributed by atoms with Gasteiger partial charge in [0.05, 0.1) is 5.92 Å². The van der Waals surface area contributed by atoms with Crippen molar-refractivity contribution in [2.75, 3.05) is 19.6 Å². The summed E-state index contributed by atoms with van der Waals surface area (Å²) < 4.78 is 0. The largest absolute Gasteiger partial charge is 0.508 e. The highest BCUT2D eigenvalue weighted by molar-refractivity contribution is 5.85. The standard InChI is InChI=1S/C20H26N2O3/c23-16-5-1-3-14(9-16)17-10-18(17)20(25)22-8-2-4-15(12-22)19(24)21-11-13-6-7-13/h1,3,5,9,13,15,17-18,23H,2,4,6-8,10-12H2,(H,21,24)/t15-,17+,18+/m1/s1. The van der Waals surface area contributed by atoms with E-state index in [1.807, 2.05) is 17.0 Å². The van der Waals surface area contributed by atoms with E-state index in [1.54, 1.807) is 12.1 Å². The van der Waals surface area contributed by atoms with Gasteiger partial charge in [-0.2, -0.15) is 0 Å². The van der Waals surface area contributed by atoms with Crippen LogP contribution in [0.5, 0.6) is 5.75 Å². The highest BCUT2D eigenvalue weighted by Crippen LogP contribution is 2.49. The third-order valence-corrected chi connectivity index (χ3v) is 5.77. The Morgan fingerprint density at radius 3 is 2.84 bits per heavy atom. The van der Waals surface area contributed by atoms with Crippen molar-refractivity contribution in [1.29, 1.82) is 0 Å². The van der Waals surface area contributed by atoms with Gasteiger partial charge in [-0.25, -0.2) is 0 Å². The first kappa shape index (κ1) is 16.4. The minimum absolute atomic E-state index is 0.00933. The maximum absolute atomic E-state index is 12.8.